The largest absolute Gasteiger partial charge is 0.381 e. The van der Waals surface area contributed by atoms with Gasteiger partial charge in [-0.1, -0.05) is 31.5 Å². The number of benzene rings is 2. The molecule has 0 atom stereocenters. The van der Waals surface area contributed by atoms with Crippen LogP contribution in [0.2, 0.25) is 5.02 Å². The minimum Gasteiger partial charge on any atom is -0.381 e. The van der Waals surface area contributed by atoms with E-state index in [-0.39, 0.29) is 10.8 Å². The molecule has 3 aromatic rings. The van der Waals surface area contributed by atoms with E-state index in [4.69, 9.17) is 16.3 Å². The molecule has 2 aromatic carbocycles. The van der Waals surface area contributed by atoms with Crippen LogP contribution in [0.3, 0.4) is 0 Å². The Balaban J connectivity index is 1.69. The average molecular weight is 476 g/mol. The van der Waals surface area contributed by atoms with Crippen molar-refractivity contribution in [3.63, 3.8) is 0 Å². The molecule has 1 aliphatic rings. The van der Waals surface area contributed by atoms with Crippen molar-refractivity contribution in [2.75, 3.05) is 24.1 Å². The highest BCUT2D eigenvalue weighted by Crippen LogP contribution is 2.32. The quantitative estimate of drug-likeness (QED) is 0.466. The Hall–Kier alpha value is -2.09. The third-order valence-corrected chi connectivity index (χ3v) is 8.20. The third-order valence-electron chi connectivity index (χ3n) is 6.01. The molecule has 0 radical (unpaired) electrons. The van der Waals surface area contributed by atoms with Gasteiger partial charge in [0.2, 0.25) is 0 Å². The van der Waals surface area contributed by atoms with E-state index >= 15 is 0 Å². The highest BCUT2D eigenvalue weighted by molar-refractivity contribution is 7.92. The van der Waals surface area contributed by atoms with Gasteiger partial charge >= 0.3 is 0 Å². The molecule has 172 valence electrons. The molecule has 0 spiro atoms. The van der Waals surface area contributed by atoms with Crippen LogP contribution in [0.5, 0.6) is 0 Å². The number of ether oxygens (including phenoxy) is 1. The molecule has 0 bridgehead atoms. The molecule has 0 saturated carbocycles. The molecule has 0 amide bonds. The summed E-state index contributed by atoms with van der Waals surface area (Å²) in [6.07, 6.45) is 3.80. The predicted octanol–water partition coefficient (Wildman–Crippen LogP) is 5.28. The summed E-state index contributed by atoms with van der Waals surface area (Å²) in [5.41, 5.74) is 2.31. The fourth-order valence-electron chi connectivity index (χ4n) is 4.20. The number of anilines is 1. The molecule has 0 N–H and O–H groups in total. The van der Waals surface area contributed by atoms with Gasteiger partial charge in [-0.15, -0.1) is 0 Å². The maximum absolute atomic E-state index is 13.7. The van der Waals surface area contributed by atoms with E-state index < -0.39 is 10.0 Å². The summed E-state index contributed by atoms with van der Waals surface area (Å²) in [5.74, 6) is 0.678. The minimum absolute atomic E-state index is 0.147. The predicted molar refractivity (Wildman–Crippen MR) is 129 cm³/mol. The van der Waals surface area contributed by atoms with Gasteiger partial charge in [0.1, 0.15) is 0 Å². The van der Waals surface area contributed by atoms with Gasteiger partial charge in [-0.2, -0.15) is 5.10 Å². The van der Waals surface area contributed by atoms with Gasteiger partial charge in [0.15, 0.2) is 0 Å². The van der Waals surface area contributed by atoms with Crippen LogP contribution in [0.25, 0.3) is 10.9 Å². The topological polar surface area (TPSA) is 64.4 Å². The Morgan fingerprint density at radius 1 is 1.22 bits per heavy atom. The van der Waals surface area contributed by atoms with Gasteiger partial charge in [-0.05, 0) is 67.5 Å². The van der Waals surface area contributed by atoms with E-state index in [1.807, 2.05) is 37.6 Å². The Kier molecular flexibility index (Phi) is 6.79. The Bertz CT molecular complexity index is 1200. The summed E-state index contributed by atoms with van der Waals surface area (Å²) in [5, 5.41) is 5.92. The lowest BCUT2D eigenvalue weighted by molar-refractivity contribution is 0.0605. The number of halogens is 1. The molecular weight excluding hydrogens is 446 g/mol. The lowest BCUT2D eigenvalue weighted by Crippen LogP contribution is -2.34. The smallest absolute Gasteiger partial charge is 0.264 e. The van der Waals surface area contributed by atoms with E-state index in [0.717, 1.165) is 49.1 Å². The minimum atomic E-state index is -3.78. The molecule has 1 aromatic heterocycles. The number of hydrogen-bond acceptors (Lipinski definition) is 4. The van der Waals surface area contributed by atoms with Crippen LogP contribution in [0.15, 0.2) is 47.5 Å². The molecule has 32 heavy (non-hydrogen) atoms. The van der Waals surface area contributed by atoms with Gasteiger partial charge in [-0.25, -0.2) is 8.42 Å². The van der Waals surface area contributed by atoms with Gasteiger partial charge in [0.25, 0.3) is 10.0 Å². The second-order valence-electron chi connectivity index (χ2n) is 8.92. The molecule has 2 heterocycles. The third kappa shape index (κ3) is 4.65. The Morgan fingerprint density at radius 3 is 2.69 bits per heavy atom. The second kappa shape index (κ2) is 9.41. The first-order valence-corrected chi connectivity index (χ1v) is 12.9. The van der Waals surface area contributed by atoms with E-state index in [0.29, 0.717) is 23.2 Å². The molecule has 1 saturated heterocycles. The molecule has 0 unspecified atom stereocenters. The number of fused-ring (bicyclic) bond motifs is 1. The normalized spacial score (nSPS) is 15.5. The molecular formula is C24H30ClN3O3S. The zero-order valence-corrected chi connectivity index (χ0v) is 20.4. The summed E-state index contributed by atoms with van der Waals surface area (Å²) in [4.78, 5) is 0.260. The average Bonchev–Trinajstić information content (AvgIpc) is 3.17. The molecule has 1 aliphatic heterocycles. The van der Waals surface area contributed by atoms with Crippen LogP contribution in [0.1, 0.15) is 32.3 Å². The summed E-state index contributed by atoms with van der Waals surface area (Å²) in [6, 6.07) is 10.7. The van der Waals surface area contributed by atoms with Crippen molar-refractivity contribution >= 4 is 38.2 Å². The van der Waals surface area contributed by atoms with Gasteiger partial charge in [0.05, 0.1) is 22.3 Å². The van der Waals surface area contributed by atoms with Gasteiger partial charge < -0.3 is 4.74 Å². The first-order chi connectivity index (χ1) is 15.3. The molecule has 0 aliphatic carbocycles. The fraction of sp³-hybridized carbons (Fsp3) is 0.458. The fourth-order valence-corrected chi connectivity index (χ4v) is 6.09. The zero-order chi connectivity index (χ0) is 22.9. The first kappa shape index (κ1) is 23.1. The Labute approximate surface area is 195 Å². The first-order valence-electron chi connectivity index (χ1n) is 11.1. The lowest BCUT2D eigenvalue weighted by Gasteiger charge is -2.28. The van der Waals surface area contributed by atoms with Crippen LogP contribution >= 0.6 is 11.6 Å². The monoisotopic (exact) mass is 475 g/mol. The Morgan fingerprint density at radius 2 is 1.97 bits per heavy atom. The van der Waals surface area contributed by atoms with E-state index in [1.165, 1.54) is 4.31 Å². The van der Waals surface area contributed by atoms with Gasteiger partial charge in [-0.3, -0.25) is 8.99 Å². The van der Waals surface area contributed by atoms with E-state index in [9.17, 15) is 8.42 Å². The van der Waals surface area contributed by atoms with E-state index in [2.05, 4.69) is 5.10 Å². The number of sulfonamides is 1. The molecule has 8 heteroatoms. The van der Waals surface area contributed by atoms with Crippen LogP contribution < -0.4 is 4.31 Å². The van der Waals surface area contributed by atoms with Crippen molar-refractivity contribution in [3.05, 3.63) is 53.2 Å². The zero-order valence-electron chi connectivity index (χ0n) is 18.8. The summed E-state index contributed by atoms with van der Waals surface area (Å²) >= 11 is 6.31. The number of nitrogens with zero attached hydrogens (tertiary/aromatic N) is 3. The van der Waals surface area contributed by atoms with Crippen LogP contribution in [-0.2, 0) is 21.3 Å². The summed E-state index contributed by atoms with van der Waals surface area (Å²) in [7, 11) is -3.78. The van der Waals surface area contributed by atoms with Crippen LogP contribution in [-0.4, -0.2) is 38.0 Å². The molecule has 1 fully saturated rings. The number of hydrogen-bond donors (Lipinski definition) is 0. The second-order valence-corrected chi connectivity index (χ2v) is 11.2. The highest BCUT2D eigenvalue weighted by atomic mass is 35.5. The maximum Gasteiger partial charge on any atom is 0.264 e. The number of rotatable bonds is 7. The molecule has 4 rings (SSSR count). The lowest BCUT2D eigenvalue weighted by atomic mass is 10.0. The summed E-state index contributed by atoms with van der Waals surface area (Å²) in [6.45, 7) is 8.63. The van der Waals surface area contributed by atoms with Gasteiger partial charge in [0, 0.05) is 36.7 Å². The van der Waals surface area contributed by atoms with E-state index in [1.54, 1.807) is 30.5 Å². The standard InChI is InChI=1S/C24H30ClN3O3S/c1-17(2)15-28(23-6-4-5-22(25)18(23)3)32(29,30)21-7-8-24-20(13-21)14-26-27(24)16-19-9-11-31-12-10-19/h4-8,13-14,17,19H,9-12,15-16H2,1-3H3. The van der Waals surface area contributed by atoms with Crippen molar-refractivity contribution in [2.45, 2.75) is 45.1 Å². The number of aromatic nitrogens is 2. The van der Waals surface area contributed by atoms with Crippen LogP contribution in [0, 0.1) is 18.8 Å². The SMILES string of the molecule is Cc1c(Cl)cccc1N(CC(C)C)S(=O)(=O)c1ccc2c(cnn2CC2CCOCC2)c1. The maximum atomic E-state index is 13.7. The molecule has 6 nitrogen and oxygen atoms in total. The van der Waals surface area contributed by atoms with Crippen molar-refractivity contribution in [1.82, 2.24) is 9.78 Å². The van der Waals surface area contributed by atoms with Crippen molar-refractivity contribution in [1.29, 1.82) is 0 Å². The van der Waals surface area contributed by atoms with Crippen LogP contribution in [0.4, 0.5) is 5.69 Å². The van der Waals surface area contributed by atoms with Crippen molar-refractivity contribution < 1.29 is 13.2 Å². The highest BCUT2D eigenvalue weighted by Gasteiger charge is 2.28. The summed E-state index contributed by atoms with van der Waals surface area (Å²) < 4.78 is 36.4. The van der Waals surface area contributed by atoms with Crippen molar-refractivity contribution in [2.24, 2.45) is 11.8 Å². The van der Waals surface area contributed by atoms with Crippen molar-refractivity contribution in [3.8, 4) is 0 Å².